The fourth-order valence-corrected chi connectivity index (χ4v) is 11.9. The highest BCUT2D eigenvalue weighted by Gasteiger charge is 2.48. The number of nitrogen functional groups attached to an aromatic ring is 2. The maximum Gasteiger partial charge on any atom is 0.313 e. The molecule has 2 atom stereocenters. The normalized spacial score (nSPS) is 23.2. The van der Waals surface area contributed by atoms with Crippen LogP contribution in [-0.2, 0) is 0 Å². The zero-order valence-corrected chi connectivity index (χ0v) is 18.5. The fraction of sp³-hybridized carbons (Fsp3) is 0. The van der Waals surface area contributed by atoms with E-state index in [4.69, 9.17) is 66.3 Å². The van der Waals surface area contributed by atoms with Crippen LogP contribution in [0, 0.1) is 0 Å². The Labute approximate surface area is 172 Å². The van der Waals surface area contributed by atoms with Gasteiger partial charge in [-0.1, -0.05) is 28.2 Å². The maximum absolute atomic E-state index is 6.42. The van der Waals surface area contributed by atoms with Crippen molar-refractivity contribution in [3.63, 3.8) is 0 Å². The second-order valence-corrected chi connectivity index (χ2v) is 14.8. The number of anilines is 2. The molecule has 2 aromatic carbocycles. The first-order valence-electron chi connectivity index (χ1n) is 6.88. The molecule has 0 spiro atoms. The third kappa shape index (κ3) is 4.44. The fourth-order valence-electron chi connectivity index (χ4n) is 1.83. The minimum atomic E-state index is -3.18. The van der Waals surface area contributed by atoms with Crippen molar-refractivity contribution in [2.24, 2.45) is 4.52 Å². The number of hydrogen-bond acceptors (Lipinski definition) is 7. The maximum atomic E-state index is 6.42. The van der Waals surface area contributed by atoms with Crippen LogP contribution in [0.5, 0.6) is 11.5 Å². The molecule has 0 aromatic heterocycles. The van der Waals surface area contributed by atoms with Gasteiger partial charge in [0.2, 0.25) is 7.58 Å². The molecule has 3 rings (SSSR count). The lowest BCUT2D eigenvalue weighted by Crippen LogP contribution is -2.25. The van der Waals surface area contributed by atoms with Crippen LogP contribution in [0.4, 0.5) is 11.4 Å². The molecule has 0 radical (unpaired) electrons. The number of rotatable bonds is 4. The number of hydrogen-bond donors (Lipinski definition) is 2. The van der Waals surface area contributed by atoms with Crippen molar-refractivity contribution in [2.45, 2.75) is 0 Å². The van der Waals surface area contributed by atoms with E-state index in [1.54, 1.807) is 48.5 Å². The molecular formula is C12H12Cl4N5O2P3. The van der Waals surface area contributed by atoms with Crippen LogP contribution in [-0.4, -0.2) is 8.56 Å². The van der Waals surface area contributed by atoms with Crippen molar-refractivity contribution in [1.82, 2.24) is 8.56 Å². The molecule has 4 N–H and O–H groups in total. The molecule has 7 nitrogen and oxygen atoms in total. The Bertz CT molecular complexity index is 857. The van der Waals surface area contributed by atoms with Crippen LogP contribution in [0.15, 0.2) is 53.0 Å². The van der Waals surface area contributed by atoms with Crippen LogP contribution in [0.3, 0.4) is 0 Å². The number of nitrogens with two attached hydrogens (primary N) is 2. The minimum absolute atomic E-state index is 0.330. The molecular weight excluding hydrogens is 481 g/mol. The van der Waals surface area contributed by atoms with Crippen LogP contribution in [0.2, 0.25) is 0 Å². The van der Waals surface area contributed by atoms with E-state index < -0.39 is 21.9 Å². The molecule has 2 aromatic rings. The average molecular weight is 493 g/mol. The second-order valence-electron chi connectivity index (χ2n) is 4.79. The standard InChI is InChI=1S/C12H12Cl4N5O2P3/c13-20-24(14)19-26(15,16)21(22-11-7-3-1-5-9(11)17)25(20)23-12-8-4-2-6-10(12)18/h1-8H,17-18H2. The first-order valence-corrected chi connectivity index (χ1v) is 14.0. The van der Waals surface area contributed by atoms with Crippen molar-refractivity contribution < 1.29 is 9.36 Å². The highest BCUT2D eigenvalue weighted by Crippen LogP contribution is 2.83. The quantitative estimate of drug-likeness (QED) is 0.268. The SMILES string of the molecule is Nc1ccccc1ON1P(Oc2ccccc2N)N(Cl)P(Cl)N=P1(Cl)Cl. The average Bonchev–Trinajstić information content (AvgIpc) is 2.59. The van der Waals surface area contributed by atoms with E-state index in [0.717, 1.165) is 0 Å². The molecule has 140 valence electrons. The van der Waals surface area contributed by atoms with E-state index in [1.165, 1.54) is 8.56 Å². The molecule has 1 aliphatic heterocycles. The molecule has 0 fully saturated rings. The largest absolute Gasteiger partial charge is 0.439 e. The summed E-state index contributed by atoms with van der Waals surface area (Å²) in [7, 11) is -3.59. The highest BCUT2D eigenvalue weighted by atomic mass is 35.9. The topological polar surface area (TPSA) is 89.3 Å². The molecule has 26 heavy (non-hydrogen) atoms. The summed E-state index contributed by atoms with van der Waals surface area (Å²) in [6, 6.07) is 13.8. The second kappa shape index (κ2) is 8.45. The molecule has 1 aliphatic rings. The van der Waals surface area contributed by atoms with Gasteiger partial charge in [-0.15, -0.1) is 0 Å². The van der Waals surface area contributed by atoms with E-state index in [1.807, 2.05) is 0 Å². The lowest BCUT2D eigenvalue weighted by atomic mass is 10.3. The van der Waals surface area contributed by atoms with Gasteiger partial charge < -0.3 is 20.8 Å². The van der Waals surface area contributed by atoms with Gasteiger partial charge in [0.15, 0.2) is 5.75 Å². The van der Waals surface area contributed by atoms with Gasteiger partial charge in [-0.05, 0) is 74.4 Å². The summed E-state index contributed by atoms with van der Waals surface area (Å²) >= 11 is 25.4. The molecule has 14 heteroatoms. The smallest absolute Gasteiger partial charge is 0.313 e. The van der Waals surface area contributed by atoms with Gasteiger partial charge in [0, 0.05) is 0 Å². The third-order valence-corrected chi connectivity index (χ3v) is 13.5. The van der Waals surface area contributed by atoms with Crippen molar-refractivity contribution in [1.29, 1.82) is 0 Å². The van der Waals surface area contributed by atoms with Crippen molar-refractivity contribution in [3.8, 4) is 11.5 Å². The van der Waals surface area contributed by atoms with Crippen LogP contribution in [0.1, 0.15) is 0 Å². The summed E-state index contributed by atoms with van der Waals surface area (Å²) in [4.78, 5) is 5.83. The Morgan fingerprint density at radius 3 is 2.08 bits per heavy atom. The van der Waals surface area contributed by atoms with Gasteiger partial charge in [0.1, 0.15) is 5.75 Å². The minimum Gasteiger partial charge on any atom is -0.439 e. The van der Waals surface area contributed by atoms with Gasteiger partial charge in [0.05, 0.1) is 11.4 Å². The summed E-state index contributed by atoms with van der Waals surface area (Å²) in [5, 5.41) is 0. The number of para-hydroxylation sites is 4. The Morgan fingerprint density at radius 1 is 0.962 bits per heavy atom. The molecule has 0 amide bonds. The van der Waals surface area contributed by atoms with Gasteiger partial charge in [-0.2, -0.15) is 4.52 Å². The van der Waals surface area contributed by atoms with E-state index in [2.05, 4.69) is 4.52 Å². The van der Waals surface area contributed by atoms with E-state index in [0.29, 0.717) is 22.9 Å². The van der Waals surface area contributed by atoms with Gasteiger partial charge in [-0.3, -0.25) is 0 Å². The first kappa shape index (κ1) is 20.5. The van der Waals surface area contributed by atoms with Crippen LogP contribution >= 0.6 is 67.4 Å². The molecule has 0 saturated heterocycles. The van der Waals surface area contributed by atoms with Crippen molar-refractivity contribution in [3.05, 3.63) is 48.5 Å². The summed E-state index contributed by atoms with van der Waals surface area (Å²) in [5.74, 6) is -2.46. The summed E-state index contributed by atoms with van der Waals surface area (Å²) in [6.07, 6.45) is 0. The highest BCUT2D eigenvalue weighted by molar-refractivity contribution is 8.15. The Hall–Kier alpha value is -0.190. The monoisotopic (exact) mass is 491 g/mol. The number of halogens is 4. The molecule has 0 saturated carbocycles. The van der Waals surface area contributed by atoms with E-state index in [-0.39, 0.29) is 0 Å². The summed E-state index contributed by atoms with van der Waals surface area (Å²) in [5.41, 5.74) is 12.7. The zero-order chi connectivity index (χ0) is 18.9. The van der Waals surface area contributed by atoms with Gasteiger partial charge in [-0.25, -0.2) is 0 Å². The lowest BCUT2D eigenvalue weighted by molar-refractivity contribution is 0.130. The molecule has 0 aliphatic carbocycles. The van der Waals surface area contributed by atoms with Crippen molar-refractivity contribution in [2.75, 3.05) is 11.5 Å². The molecule has 0 bridgehead atoms. The lowest BCUT2D eigenvalue weighted by Gasteiger charge is -2.39. The number of benzene rings is 2. The Balaban J connectivity index is 1.99. The zero-order valence-electron chi connectivity index (χ0n) is 12.8. The number of nitrogens with zero attached hydrogens (tertiary/aromatic N) is 3. The van der Waals surface area contributed by atoms with Crippen LogP contribution in [0.25, 0.3) is 0 Å². The third-order valence-electron chi connectivity index (χ3n) is 3.01. The van der Waals surface area contributed by atoms with E-state index >= 15 is 0 Å². The van der Waals surface area contributed by atoms with Crippen LogP contribution < -0.4 is 20.8 Å². The Morgan fingerprint density at radius 2 is 1.50 bits per heavy atom. The van der Waals surface area contributed by atoms with Gasteiger partial charge in [0.25, 0.3) is 5.91 Å². The predicted molar refractivity (Wildman–Crippen MR) is 113 cm³/mol. The first-order chi connectivity index (χ1) is 12.3. The van der Waals surface area contributed by atoms with Gasteiger partial charge >= 0.3 is 8.45 Å². The Kier molecular flexibility index (Phi) is 6.67. The summed E-state index contributed by atoms with van der Waals surface area (Å²) in [6.45, 7) is 0. The summed E-state index contributed by atoms with van der Waals surface area (Å²) < 4.78 is 12.5. The molecule has 2 unspecified atom stereocenters. The van der Waals surface area contributed by atoms with E-state index in [9.17, 15) is 0 Å². The van der Waals surface area contributed by atoms with Crippen molar-refractivity contribution >= 4 is 78.8 Å². The predicted octanol–water partition coefficient (Wildman–Crippen LogP) is 7.11. The molecule has 1 heterocycles.